The summed E-state index contributed by atoms with van der Waals surface area (Å²) in [6, 6.07) is 9.08. The van der Waals surface area contributed by atoms with Gasteiger partial charge in [0, 0.05) is 25.8 Å². The van der Waals surface area contributed by atoms with E-state index < -0.39 is 5.97 Å². The number of amides is 1. The average Bonchev–Trinajstić information content (AvgIpc) is 3.02. The van der Waals surface area contributed by atoms with Crippen LogP contribution in [0.4, 0.5) is 4.39 Å². The third-order valence-corrected chi connectivity index (χ3v) is 4.26. The minimum Gasteiger partial charge on any atom is -0.477 e. The Hall–Kier alpha value is -2.25. The third kappa shape index (κ3) is 4.37. The number of rotatable bonds is 7. The lowest BCUT2D eigenvalue weighted by atomic mass is 10.2. The highest BCUT2D eigenvalue weighted by molar-refractivity contribution is 7.15. The standard InChI is InChI=1S/C16H16FNO4S/c1-22-9-8-18(10-11-4-2-3-5-12(11)17)15(19)13-6-7-14(23-13)16(20)21/h2-7H,8-10H2,1H3,(H,20,21). The lowest BCUT2D eigenvalue weighted by Crippen LogP contribution is -2.33. The molecule has 1 aromatic carbocycles. The molecule has 2 aromatic rings. The molecule has 0 fully saturated rings. The molecule has 2 rings (SSSR count). The van der Waals surface area contributed by atoms with Crippen LogP contribution >= 0.6 is 11.3 Å². The summed E-state index contributed by atoms with van der Waals surface area (Å²) in [4.78, 5) is 25.3. The predicted octanol–water partition coefficient (Wildman–Crippen LogP) is 2.87. The van der Waals surface area contributed by atoms with Gasteiger partial charge < -0.3 is 14.7 Å². The van der Waals surface area contributed by atoms with E-state index in [1.54, 1.807) is 18.2 Å². The van der Waals surface area contributed by atoms with Crippen molar-refractivity contribution in [3.63, 3.8) is 0 Å². The SMILES string of the molecule is COCCN(Cc1ccccc1F)C(=O)c1ccc(C(=O)O)s1. The lowest BCUT2D eigenvalue weighted by molar-refractivity contribution is 0.0681. The maximum absolute atomic E-state index is 13.8. The van der Waals surface area contributed by atoms with Crippen LogP contribution in [-0.2, 0) is 11.3 Å². The number of aromatic carboxylic acids is 1. The summed E-state index contributed by atoms with van der Waals surface area (Å²) in [6.45, 7) is 0.677. The van der Waals surface area contributed by atoms with E-state index in [0.717, 1.165) is 11.3 Å². The second-order valence-electron chi connectivity index (χ2n) is 4.78. The molecule has 5 nitrogen and oxygen atoms in total. The number of carbonyl (C=O) groups is 2. The number of carboxylic acids is 1. The number of hydrogen-bond donors (Lipinski definition) is 1. The summed E-state index contributed by atoms with van der Waals surface area (Å²) in [5.41, 5.74) is 0.395. The molecular weight excluding hydrogens is 321 g/mol. The highest BCUT2D eigenvalue weighted by atomic mass is 32.1. The van der Waals surface area contributed by atoms with Crippen molar-refractivity contribution in [2.75, 3.05) is 20.3 Å². The fourth-order valence-corrected chi connectivity index (χ4v) is 2.82. The molecule has 0 atom stereocenters. The van der Waals surface area contributed by atoms with Crippen molar-refractivity contribution in [3.05, 3.63) is 57.5 Å². The fraction of sp³-hybridized carbons (Fsp3) is 0.250. The van der Waals surface area contributed by atoms with Gasteiger partial charge in [0.2, 0.25) is 0 Å². The van der Waals surface area contributed by atoms with E-state index in [-0.39, 0.29) is 29.7 Å². The van der Waals surface area contributed by atoms with Crippen LogP contribution in [0.5, 0.6) is 0 Å². The zero-order valence-corrected chi connectivity index (χ0v) is 13.3. The molecule has 1 heterocycles. The van der Waals surface area contributed by atoms with Crippen LogP contribution < -0.4 is 0 Å². The number of hydrogen-bond acceptors (Lipinski definition) is 4. The zero-order chi connectivity index (χ0) is 16.8. The van der Waals surface area contributed by atoms with Gasteiger partial charge in [-0.05, 0) is 18.2 Å². The second-order valence-corrected chi connectivity index (χ2v) is 5.86. The molecule has 23 heavy (non-hydrogen) atoms. The normalized spacial score (nSPS) is 10.5. The number of carboxylic acid groups (broad SMARTS) is 1. The van der Waals surface area contributed by atoms with Crippen molar-refractivity contribution in [3.8, 4) is 0 Å². The zero-order valence-electron chi connectivity index (χ0n) is 12.5. The van der Waals surface area contributed by atoms with E-state index in [2.05, 4.69) is 0 Å². The quantitative estimate of drug-likeness (QED) is 0.844. The van der Waals surface area contributed by atoms with Gasteiger partial charge in [-0.2, -0.15) is 0 Å². The van der Waals surface area contributed by atoms with Crippen LogP contribution in [-0.4, -0.2) is 42.1 Å². The first-order valence-corrected chi connectivity index (χ1v) is 7.69. The highest BCUT2D eigenvalue weighted by Crippen LogP contribution is 2.20. The Kier molecular flexibility index (Phi) is 5.84. The summed E-state index contributed by atoms with van der Waals surface area (Å²) in [6.07, 6.45) is 0. The van der Waals surface area contributed by atoms with Gasteiger partial charge in [0.1, 0.15) is 10.7 Å². The second kappa shape index (κ2) is 7.85. The van der Waals surface area contributed by atoms with E-state index in [1.807, 2.05) is 0 Å². The van der Waals surface area contributed by atoms with E-state index in [0.29, 0.717) is 17.0 Å². The molecule has 0 unspecified atom stereocenters. The van der Waals surface area contributed by atoms with Gasteiger partial charge in [0.15, 0.2) is 0 Å². The third-order valence-electron chi connectivity index (χ3n) is 3.20. The summed E-state index contributed by atoms with van der Waals surface area (Å²) in [7, 11) is 1.51. The largest absolute Gasteiger partial charge is 0.477 e. The minimum absolute atomic E-state index is 0.0888. The van der Waals surface area contributed by atoms with Crippen molar-refractivity contribution >= 4 is 23.2 Å². The van der Waals surface area contributed by atoms with E-state index in [1.165, 1.54) is 30.2 Å². The summed E-state index contributed by atoms with van der Waals surface area (Å²) in [5.74, 6) is -1.81. The maximum Gasteiger partial charge on any atom is 0.345 e. The average molecular weight is 337 g/mol. The van der Waals surface area contributed by atoms with Crippen molar-refractivity contribution < 1.29 is 23.8 Å². The summed E-state index contributed by atoms with van der Waals surface area (Å²) in [5, 5.41) is 8.95. The number of carbonyl (C=O) groups excluding carboxylic acids is 1. The van der Waals surface area contributed by atoms with E-state index >= 15 is 0 Å². The van der Waals surface area contributed by atoms with Gasteiger partial charge in [0.25, 0.3) is 5.91 Å². The molecular formula is C16H16FNO4S. The number of methoxy groups -OCH3 is 1. The summed E-state index contributed by atoms with van der Waals surface area (Å²) >= 11 is 0.900. The Labute approximate surface area is 136 Å². The Morgan fingerprint density at radius 3 is 2.52 bits per heavy atom. The molecule has 0 aliphatic carbocycles. The van der Waals surface area contributed by atoms with Crippen LogP contribution in [0.25, 0.3) is 0 Å². The number of benzene rings is 1. The molecule has 0 radical (unpaired) electrons. The van der Waals surface area contributed by atoms with Gasteiger partial charge in [-0.25, -0.2) is 9.18 Å². The predicted molar refractivity (Wildman–Crippen MR) is 84.3 cm³/mol. The van der Waals surface area contributed by atoms with E-state index in [4.69, 9.17) is 9.84 Å². The highest BCUT2D eigenvalue weighted by Gasteiger charge is 2.20. The van der Waals surface area contributed by atoms with Crippen LogP contribution in [0.1, 0.15) is 24.9 Å². The van der Waals surface area contributed by atoms with Crippen LogP contribution in [0.3, 0.4) is 0 Å². The number of thiophene rings is 1. The van der Waals surface area contributed by atoms with Crippen molar-refractivity contribution in [1.29, 1.82) is 0 Å². The first-order chi connectivity index (χ1) is 11.0. The van der Waals surface area contributed by atoms with Gasteiger partial charge in [-0.1, -0.05) is 18.2 Å². The first-order valence-electron chi connectivity index (χ1n) is 6.87. The Morgan fingerprint density at radius 1 is 1.22 bits per heavy atom. The van der Waals surface area contributed by atoms with E-state index in [9.17, 15) is 14.0 Å². The molecule has 0 saturated heterocycles. The molecule has 0 aliphatic rings. The number of nitrogens with zero attached hydrogens (tertiary/aromatic N) is 1. The molecule has 1 aromatic heterocycles. The van der Waals surface area contributed by atoms with Crippen molar-refractivity contribution in [2.45, 2.75) is 6.54 Å². The monoisotopic (exact) mass is 337 g/mol. The minimum atomic E-state index is -1.08. The van der Waals surface area contributed by atoms with Gasteiger partial charge in [-0.3, -0.25) is 4.79 Å². The Balaban J connectivity index is 2.21. The van der Waals surface area contributed by atoms with Crippen LogP contribution in [0.2, 0.25) is 0 Å². The first kappa shape index (κ1) is 17.1. The Morgan fingerprint density at radius 2 is 1.91 bits per heavy atom. The smallest absolute Gasteiger partial charge is 0.345 e. The number of ether oxygens (including phenoxy) is 1. The van der Waals surface area contributed by atoms with Gasteiger partial charge >= 0.3 is 5.97 Å². The molecule has 0 saturated carbocycles. The lowest BCUT2D eigenvalue weighted by Gasteiger charge is -2.22. The molecule has 122 valence electrons. The number of halogens is 1. The topological polar surface area (TPSA) is 66.8 Å². The van der Waals surface area contributed by atoms with Gasteiger partial charge in [-0.15, -0.1) is 11.3 Å². The van der Waals surface area contributed by atoms with Crippen molar-refractivity contribution in [2.24, 2.45) is 0 Å². The molecule has 0 spiro atoms. The summed E-state index contributed by atoms with van der Waals surface area (Å²) < 4.78 is 18.8. The maximum atomic E-state index is 13.8. The van der Waals surface area contributed by atoms with Crippen LogP contribution in [0.15, 0.2) is 36.4 Å². The fourth-order valence-electron chi connectivity index (χ4n) is 2.01. The van der Waals surface area contributed by atoms with Gasteiger partial charge in [0.05, 0.1) is 11.5 Å². The van der Waals surface area contributed by atoms with Crippen LogP contribution in [0, 0.1) is 5.82 Å². The van der Waals surface area contributed by atoms with Crippen molar-refractivity contribution in [1.82, 2.24) is 4.90 Å². The Bertz CT molecular complexity index is 701. The molecule has 0 bridgehead atoms. The molecule has 1 amide bonds. The molecule has 7 heteroatoms. The molecule has 1 N–H and O–H groups in total. The molecule has 0 aliphatic heterocycles.